The van der Waals surface area contributed by atoms with Crippen LogP contribution in [-0.2, 0) is 5.41 Å². The summed E-state index contributed by atoms with van der Waals surface area (Å²) in [5.41, 5.74) is 11.0. The van der Waals surface area contributed by atoms with E-state index in [1.54, 1.807) is 0 Å². The molecule has 0 atom stereocenters. The minimum Gasteiger partial charge on any atom is -0.457 e. The van der Waals surface area contributed by atoms with E-state index in [1.807, 2.05) is 12.3 Å². The van der Waals surface area contributed by atoms with Crippen LogP contribution in [0.25, 0.3) is 66.2 Å². The molecule has 0 amide bonds. The highest BCUT2D eigenvalue weighted by molar-refractivity contribution is 6.13. The Labute approximate surface area is 271 Å². The summed E-state index contributed by atoms with van der Waals surface area (Å²) < 4.78 is 11.3. The topological polar surface area (TPSA) is 44.3 Å². The van der Waals surface area contributed by atoms with E-state index in [9.17, 15) is 0 Å². The molecule has 0 spiro atoms. The molecule has 0 saturated heterocycles. The van der Waals surface area contributed by atoms with Gasteiger partial charge in [0.25, 0.3) is 0 Å². The second kappa shape index (κ2) is 9.30. The van der Waals surface area contributed by atoms with Gasteiger partial charge in [-0.3, -0.25) is 8.97 Å². The summed E-state index contributed by atoms with van der Waals surface area (Å²) in [5, 5.41) is 5.78. The Bertz CT molecular complexity index is 2750. The van der Waals surface area contributed by atoms with Gasteiger partial charge >= 0.3 is 0 Å². The molecule has 224 valence electrons. The first kappa shape index (κ1) is 26.3. The third-order valence-electron chi connectivity index (χ3n) is 10.1. The zero-order valence-electron chi connectivity index (χ0n) is 26.3. The number of rotatable bonds is 3. The van der Waals surface area contributed by atoms with Crippen molar-refractivity contribution in [1.29, 1.82) is 0 Å². The van der Waals surface area contributed by atoms with Gasteiger partial charge < -0.3 is 4.74 Å². The smallest absolute Gasteiger partial charge is 0.146 e. The van der Waals surface area contributed by atoms with E-state index in [4.69, 9.17) is 14.7 Å². The van der Waals surface area contributed by atoms with Gasteiger partial charge in [0.1, 0.15) is 22.8 Å². The van der Waals surface area contributed by atoms with Gasteiger partial charge in [-0.15, -0.1) is 0 Å². The Hall–Kier alpha value is -5.94. The van der Waals surface area contributed by atoms with Gasteiger partial charge in [0.15, 0.2) is 0 Å². The molecule has 0 fully saturated rings. The van der Waals surface area contributed by atoms with E-state index in [-0.39, 0.29) is 5.41 Å². The number of nitrogens with zero attached hydrogens (tertiary/aromatic N) is 4. The number of fused-ring (bicyclic) bond motifs is 11. The zero-order valence-corrected chi connectivity index (χ0v) is 26.3. The van der Waals surface area contributed by atoms with E-state index in [1.165, 1.54) is 27.4 Å². The minimum atomic E-state index is -0.178. The van der Waals surface area contributed by atoms with Crippen LogP contribution in [0.5, 0.6) is 11.5 Å². The summed E-state index contributed by atoms with van der Waals surface area (Å²) in [6.45, 7) is 6.72. The normalized spacial score (nSPS) is 13.6. The summed E-state index contributed by atoms with van der Waals surface area (Å²) in [6.07, 6.45) is 1.88. The lowest BCUT2D eigenvalue weighted by molar-refractivity contribution is 0.482. The SMILES string of the molecule is Cc1nc2c3cc(Oc4ccc5c(c4)-n4c6ncccc6c6cccc(c64)C5(C)C)ccc3c3ccccc3n2c1-c1ccccc1. The molecule has 1 aliphatic rings. The maximum atomic E-state index is 6.71. The molecule has 1 aliphatic heterocycles. The maximum Gasteiger partial charge on any atom is 0.146 e. The molecule has 0 saturated carbocycles. The first-order valence-electron chi connectivity index (χ1n) is 16.1. The number of aryl methyl sites for hydroxylation is 1. The third-order valence-corrected chi connectivity index (χ3v) is 10.1. The van der Waals surface area contributed by atoms with Gasteiger partial charge in [-0.2, -0.15) is 0 Å². The predicted molar refractivity (Wildman–Crippen MR) is 191 cm³/mol. The predicted octanol–water partition coefficient (Wildman–Crippen LogP) is 10.5. The van der Waals surface area contributed by atoms with Crippen molar-refractivity contribution in [2.45, 2.75) is 26.2 Å². The maximum absolute atomic E-state index is 6.71. The average Bonchev–Trinajstić information content (AvgIpc) is 3.63. The third kappa shape index (κ3) is 3.54. The molecular weight excluding hydrogens is 576 g/mol. The van der Waals surface area contributed by atoms with Crippen molar-refractivity contribution in [2.24, 2.45) is 0 Å². The standard InChI is InChI=1S/C42H30N4O/c1-25-38(26-11-5-4-6-12-26)45-36-17-8-7-13-30(36)29-20-18-27(23-33(29)41(45)44-25)47-28-19-21-34-37(24-28)46-39-31(32-15-10-22-43-40(32)46)14-9-16-35(39)42(34,2)3/h4-24H,1-3H3. The van der Waals surface area contributed by atoms with Gasteiger partial charge in [0, 0.05) is 44.8 Å². The van der Waals surface area contributed by atoms with Crippen molar-refractivity contribution in [3.63, 3.8) is 0 Å². The monoisotopic (exact) mass is 606 g/mol. The first-order chi connectivity index (χ1) is 23.0. The van der Waals surface area contributed by atoms with Gasteiger partial charge in [0.2, 0.25) is 0 Å². The van der Waals surface area contributed by atoms with Gasteiger partial charge in [-0.25, -0.2) is 9.97 Å². The molecule has 0 bridgehead atoms. The van der Waals surface area contributed by atoms with Crippen LogP contribution in [0.3, 0.4) is 0 Å². The van der Waals surface area contributed by atoms with Gasteiger partial charge in [-0.1, -0.05) is 86.6 Å². The Balaban J connectivity index is 1.17. The van der Waals surface area contributed by atoms with Crippen molar-refractivity contribution in [3.05, 3.63) is 144 Å². The fraction of sp³-hybridized carbons (Fsp3) is 0.0952. The van der Waals surface area contributed by atoms with E-state index < -0.39 is 0 Å². The molecule has 0 unspecified atom stereocenters. The fourth-order valence-electron chi connectivity index (χ4n) is 7.98. The largest absolute Gasteiger partial charge is 0.457 e. The number of imidazole rings is 1. The van der Waals surface area contributed by atoms with Crippen molar-refractivity contribution in [2.75, 3.05) is 0 Å². The highest BCUT2D eigenvalue weighted by Crippen LogP contribution is 2.48. The number of ether oxygens (including phenoxy) is 1. The van der Waals surface area contributed by atoms with Crippen molar-refractivity contribution in [1.82, 2.24) is 18.9 Å². The van der Waals surface area contributed by atoms with Crippen LogP contribution in [0, 0.1) is 6.92 Å². The molecule has 5 aromatic carbocycles. The lowest BCUT2D eigenvalue weighted by atomic mass is 9.74. The van der Waals surface area contributed by atoms with Crippen LogP contribution in [-0.4, -0.2) is 18.9 Å². The first-order valence-corrected chi connectivity index (χ1v) is 16.1. The van der Waals surface area contributed by atoms with E-state index in [0.717, 1.165) is 67.1 Å². The highest BCUT2D eigenvalue weighted by atomic mass is 16.5. The van der Waals surface area contributed by atoms with Crippen LogP contribution in [0.4, 0.5) is 0 Å². The van der Waals surface area contributed by atoms with E-state index >= 15 is 0 Å². The lowest BCUT2D eigenvalue weighted by Gasteiger charge is -2.34. The highest BCUT2D eigenvalue weighted by Gasteiger charge is 2.35. The van der Waals surface area contributed by atoms with Crippen LogP contribution >= 0.6 is 0 Å². The Morgan fingerprint density at radius 1 is 0.617 bits per heavy atom. The number of aromatic nitrogens is 4. The van der Waals surface area contributed by atoms with Gasteiger partial charge in [0.05, 0.1) is 28.1 Å². The van der Waals surface area contributed by atoms with Crippen molar-refractivity contribution in [3.8, 4) is 28.4 Å². The lowest BCUT2D eigenvalue weighted by Crippen LogP contribution is -2.26. The molecule has 10 rings (SSSR count). The summed E-state index contributed by atoms with van der Waals surface area (Å²) in [6, 6.07) is 42.8. The molecule has 9 aromatic rings. The molecule has 5 nitrogen and oxygen atoms in total. The van der Waals surface area contributed by atoms with Crippen LogP contribution in [0.15, 0.2) is 128 Å². The molecule has 5 heterocycles. The minimum absolute atomic E-state index is 0.178. The average molecular weight is 607 g/mol. The molecule has 0 aliphatic carbocycles. The van der Waals surface area contributed by atoms with Crippen molar-refractivity contribution >= 4 is 49.3 Å². The number of hydrogen-bond acceptors (Lipinski definition) is 3. The van der Waals surface area contributed by atoms with Crippen LogP contribution in [0.2, 0.25) is 0 Å². The Morgan fingerprint density at radius 2 is 1.38 bits per heavy atom. The molecule has 0 N–H and O–H groups in total. The number of pyridine rings is 2. The summed E-state index contributed by atoms with van der Waals surface area (Å²) >= 11 is 0. The summed E-state index contributed by atoms with van der Waals surface area (Å²) in [7, 11) is 0. The molecular formula is C42H30N4O. The van der Waals surface area contributed by atoms with Crippen LogP contribution in [0.1, 0.15) is 30.7 Å². The molecule has 5 heteroatoms. The number of para-hydroxylation sites is 2. The second-order valence-electron chi connectivity index (χ2n) is 13.1. The Kier molecular flexibility index (Phi) is 5.20. The fourth-order valence-corrected chi connectivity index (χ4v) is 7.98. The summed E-state index contributed by atoms with van der Waals surface area (Å²) in [4.78, 5) is 10.0. The molecule has 47 heavy (non-hydrogen) atoms. The number of hydrogen-bond donors (Lipinski definition) is 0. The number of benzene rings is 5. The molecule has 4 aromatic heterocycles. The van der Waals surface area contributed by atoms with E-state index in [0.29, 0.717) is 0 Å². The van der Waals surface area contributed by atoms with Crippen LogP contribution < -0.4 is 4.74 Å². The zero-order chi connectivity index (χ0) is 31.4. The van der Waals surface area contributed by atoms with E-state index in [2.05, 4.69) is 145 Å². The molecule has 0 radical (unpaired) electrons. The Morgan fingerprint density at radius 3 is 2.28 bits per heavy atom. The second-order valence-corrected chi connectivity index (χ2v) is 13.1. The quantitative estimate of drug-likeness (QED) is 0.188. The van der Waals surface area contributed by atoms with Crippen molar-refractivity contribution < 1.29 is 4.74 Å². The van der Waals surface area contributed by atoms with Gasteiger partial charge in [-0.05, 0) is 65.9 Å². The summed E-state index contributed by atoms with van der Waals surface area (Å²) in [5.74, 6) is 1.55.